The van der Waals surface area contributed by atoms with Crippen molar-refractivity contribution in [2.75, 3.05) is 13.1 Å². The summed E-state index contributed by atoms with van der Waals surface area (Å²) >= 11 is 0. The van der Waals surface area contributed by atoms with Crippen LogP contribution in [0.5, 0.6) is 5.75 Å². The van der Waals surface area contributed by atoms with Crippen molar-refractivity contribution in [3.63, 3.8) is 0 Å². The Morgan fingerprint density at radius 2 is 1.70 bits per heavy atom. The molecule has 1 saturated heterocycles. The van der Waals surface area contributed by atoms with E-state index < -0.39 is 0 Å². The fourth-order valence-electron chi connectivity index (χ4n) is 4.91. The van der Waals surface area contributed by atoms with Crippen molar-refractivity contribution in [3.05, 3.63) is 65.7 Å². The van der Waals surface area contributed by atoms with Crippen molar-refractivity contribution < 1.29 is 9.53 Å². The normalized spacial score (nSPS) is 21.5. The second-order valence-electron chi connectivity index (χ2n) is 8.83. The Labute approximate surface area is 180 Å². The Morgan fingerprint density at radius 3 is 2.40 bits per heavy atom. The number of carbonyl (C=O) groups is 1. The molecular formula is C26H34N2O2. The maximum Gasteiger partial charge on any atom is 0.223 e. The van der Waals surface area contributed by atoms with Gasteiger partial charge in [-0.05, 0) is 50.4 Å². The molecule has 1 unspecified atom stereocenters. The van der Waals surface area contributed by atoms with Crippen molar-refractivity contribution in [1.82, 2.24) is 10.2 Å². The van der Waals surface area contributed by atoms with E-state index in [1.54, 1.807) is 0 Å². The standard InChI is InChI=1S/C26H34N2O2/c1-3-26(4-2)18-23(22-12-8-9-13-24(22)30-26)27-25(29)21-14-16-28(17-15-21)19-20-10-6-5-7-11-20/h5-13,21,23H,3-4,14-19H2,1-2H3,(H,27,29). The second kappa shape index (κ2) is 9.22. The predicted octanol–water partition coefficient (Wildman–Crippen LogP) is 5.10. The van der Waals surface area contributed by atoms with Crippen LogP contribution >= 0.6 is 0 Å². The third kappa shape index (κ3) is 4.54. The van der Waals surface area contributed by atoms with Gasteiger partial charge >= 0.3 is 0 Å². The predicted molar refractivity (Wildman–Crippen MR) is 120 cm³/mol. The maximum absolute atomic E-state index is 13.2. The summed E-state index contributed by atoms with van der Waals surface area (Å²) in [6, 6.07) is 18.8. The highest BCUT2D eigenvalue weighted by molar-refractivity contribution is 5.79. The summed E-state index contributed by atoms with van der Waals surface area (Å²) in [4.78, 5) is 15.6. The summed E-state index contributed by atoms with van der Waals surface area (Å²) in [5.41, 5.74) is 2.27. The number of benzene rings is 2. The Morgan fingerprint density at radius 1 is 1.03 bits per heavy atom. The molecule has 160 valence electrons. The lowest BCUT2D eigenvalue weighted by Crippen LogP contribution is -2.47. The van der Waals surface area contributed by atoms with Gasteiger partial charge in [-0.1, -0.05) is 62.4 Å². The quantitative estimate of drug-likeness (QED) is 0.726. The van der Waals surface area contributed by atoms with Crippen LogP contribution in [-0.4, -0.2) is 29.5 Å². The van der Waals surface area contributed by atoms with Crippen molar-refractivity contribution in [3.8, 4) is 5.75 Å². The molecule has 0 spiro atoms. The molecule has 2 aromatic rings. The number of para-hydroxylation sites is 1. The first-order valence-electron chi connectivity index (χ1n) is 11.5. The summed E-state index contributed by atoms with van der Waals surface area (Å²) in [6.45, 7) is 7.28. The van der Waals surface area contributed by atoms with Crippen LogP contribution in [-0.2, 0) is 11.3 Å². The molecule has 30 heavy (non-hydrogen) atoms. The zero-order chi connectivity index (χ0) is 21.0. The molecular weight excluding hydrogens is 372 g/mol. The zero-order valence-electron chi connectivity index (χ0n) is 18.3. The summed E-state index contributed by atoms with van der Waals surface area (Å²) in [7, 11) is 0. The molecule has 1 amide bonds. The molecule has 1 N–H and O–H groups in total. The Bertz CT molecular complexity index is 839. The Kier molecular flexibility index (Phi) is 6.43. The number of nitrogens with zero attached hydrogens (tertiary/aromatic N) is 1. The van der Waals surface area contributed by atoms with Crippen molar-refractivity contribution in [2.24, 2.45) is 5.92 Å². The van der Waals surface area contributed by atoms with Gasteiger partial charge in [0.1, 0.15) is 11.4 Å². The van der Waals surface area contributed by atoms with Crippen LogP contribution in [0.15, 0.2) is 54.6 Å². The second-order valence-corrected chi connectivity index (χ2v) is 8.83. The topological polar surface area (TPSA) is 41.6 Å². The number of hydrogen-bond donors (Lipinski definition) is 1. The SMILES string of the molecule is CCC1(CC)CC(NC(=O)C2CCN(Cc3ccccc3)CC2)c2ccccc2O1. The number of piperidine rings is 1. The number of amides is 1. The first-order chi connectivity index (χ1) is 14.6. The Balaban J connectivity index is 1.38. The van der Waals surface area contributed by atoms with Gasteiger partial charge in [-0.2, -0.15) is 0 Å². The van der Waals surface area contributed by atoms with Gasteiger partial charge in [-0.15, -0.1) is 0 Å². The van der Waals surface area contributed by atoms with Crippen LogP contribution < -0.4 is 10.1 Å². The molecule has 0 aliphatic carbocycles. The highest BCUT2D eigenvalue weighted by Gasteiger charge is 2.39. The number of rotatable bonds is 6. The minimum absolute atomic E-state index is 0.0321. The van der Waals surface area contributed by atoms with E-state index in [9.17, 15) is 4.79 Å². The number of likely N-dealkylation sites (tertiary alicyclic amines) is 1. The van der Waals surface area contributed by atoms with E-state index in [2.05, 4.69) is 60.5 Å². The summed E-state index contributed by atoms with van der Waals surface area (Å²) in [5, 5.41) is 3.40. The third-order valence-electron chi connectivity index (χ3n) is 7.01. The van der Waals surface area contributed by atoms with Gasteiger partial charge in [0.15, 0.2) is 0 Å². The maximum atomic E-state index is 13.2. The first-order valence-corrected chi connectivity index (χ1v) is 11.5. The lowest BCUT2D eigenvalue weighted by molar-refractivity contribution is -0.128. The van der Waals surface area contributed by atoms with Crippen molar-refractivity contribution >= 4 is 5.91 Å². The number of fused-ring (bicyclic) bond motifs is 1. The number of ether oxygens (including phenoxy) is 1. The van der Waals surface area contributed by atoms with Crippen LogP contribution in [0.2, 0.25) is 0 Å². The molecule has 2 aliphatic rings. The van der Waals surface area contributed by atoms with E-state index in [0.29, 0.717) is 0 Å². The fourth-order valence-corrected chi connectivity index (χ4v) is 4.91. The van der Waals surface area contributed by atoms with Crippen molar-refractivity contribution in [1.29, 1.82) is 0 Å². The van der Waals surface area contributed by atoms with Crippen LogP contribution in [0.4, 0.5) is 0 Å². The van der Waals surface area contributed by atoms with Crippen LogP contribution in [0.3, 0.4) is 0 Å². The minimum atomic E-state index is -0.189. The van der Waals surface area contributed by atoms with Crippen LogP contribution in [0, 0.1) is 5.92 Å². The third-order valence-corrected chi connectivity index (χ3v) is 7.01. The van der Waals surface area contributed by atoms with Crippen molar-refractivity contribution in [2.45, 2.75) is 64.1 Å². The average Bonchev–Trinajstić information content (AvgIpc) is 2.80. The van der Waals surface area contributed by atoms with E-state index in [1.807, 2.05) is 18.2 Å². The molecule has 0 bridgehead atoms. The Hall–Kier alpha value is -2.33. The smallest absolute Gasteiger partial charge is 0.223 e. The molecule has 2 heterocycles. The van der Waals surface area contributed by atoms with E-state index in [4.69, 9.17) is 4.74 Å². The zero-order valence-corrected chi connectivity index (χ0v) is 18.3. The largest absolute Gasteiger partial charge is 0.487 e. The summed E-state index contributed by atoms with van der Waals surface area (Å²) in [5.74, 6) is 1.23. The van der Waals surface area contributed by atoms with Gasteiger partial charge in [-0.25, -0.2) is 0 Å². The lowest BCUT2D eigenvalue weighted by atomic mass is 9.83. The number of carbonyl (C=O) groups excluding carboxylic acids is 1. The van der Waals surface area contributed by atoms with Gasteiger partial charge in [-0.3, -0.25) is 9.69 Å². The first kappa shape index (κ1) is 20.9. The van der Waals surface area contributed by atoms with E-state index in [0.717, 1.165) is 63.1 Å². The lowest BCUT2D eigenvalue weighted by Gasteiger charge is -2.42. The molecule has 1 atom stereocenters. The summed E-state index contributed by atoms with van der Waals surface area (Å²) < 4.78 is 6.39. The van der Waals surface area contributed by atoms with Crippen LogP contribution in [0.25, 0.3) is 0 Å². The highest BCUT2D eigenvalue weighted by Crippen LogP contribution is 2.42. The molecule has 2 aliphatic heterocycles. The van der Waals surface area contributed by atoms with Crippen LogP contribution in [0.1, 0.15) is 63.1 Å². The summed E-state index contributed by atoms with van der Waals surface area (Å²) in [6.07, 6.45) is 4.59. The van der Waals surface area contributed by atoms with Gasteiger partial charge in [0.05, 0.1) is 6.04 Å². The van der Waals surface area contributed by atoms with Gasteiger partial charge < -0.3 is 10.1 Å². The molecule has 0 saturated carbocycles. The van der Waals surface area contributed by atoms with Gasteiger partial charge in [0.2, 0.25) is 5.91 Å². The number of hydrogen-bond acceptors (Lipinski definition) is 3. The molecule has 0 aromatic heterocycles. The monoisotopic (exact) mass is 406 g/mol. The van der Waals surface area contributed by atoms with Gasteiger partial charge in [0.25, 0.3) is 0 Å². The fraction of sp³-hybridized carbons (Fsp3) is 0.500. The molecule has 1 fully saturated rings. The van der Waals surface area contributed by atoms with E-state index in [-0.39, 0.29) is 23.5 Å². The van der Waals surface area contributed by atoms with E-state index in [1.165, 1.54) is 5.56 Å². The van der Waals surface area contributed by atoms with E-state index >= 15 is 0 Å². The molecule has 0 radical (unpaired) electrons. The average molecular weight is 407 g/mol. The highest BCUT2D eigenvalue weighted by atomic mass is 16.5. The van der Waals surface area contributed by atoms with Gasteiger partial charge in [0, 0.05) is 24.4 Å². The minimum Gasteiger partial charge on any atom is -0.487 e. The number of nitrogens with one attached hydrogen (secondary N) is 1. The molecule has 2 aromatic carbocycles. The molecule has 4 nitrogen and oxygen atoms in total. The molecule has 4 heteroatoms. The molecule has 4 rings (SSSR count).